The smallest absolute Gasteiger partial charge is 0.00471 e. The van der Waals surface area contributed by atoms with Crippen molar-refractivity contribution in [2.45, 2.75) is 44.9 Å². The highest BCUT2D eigenvalue weighted by atomic mass is 15.1. The van der Waals surface area contributed by atoms with Gasteiger partial charge in [-0.2, -0.15) is 0 Å². The van der Waals surface area contributed by atoms with Gasteiger partial charge in [0, 0.05) is 13.1 Å². The number of hydrogen-bond donors (Lipinski definition) is 1. The molecule has 0 atom stereocenters. The Morgan fingerprint density at radius 2 is 1.87 bits per heavy atom. The Balaban J connectivity index is 1.69. The van der Waals surface area contributed by atoms with Gasteiger partial charge in [-0.1, -0.05) is 19.3 Å². The predicted octanol–water partition coefficient (Wildman–Crippen LogP) is 2.24. The molecule has 0 bridgehead atoms. The molecule has 2 fully saturated rings. The summed E-state index contributed by atoms with van der Waals surface area (Å²) in [6.45, 7) is 3.43. The average Bonchev–Trinajstić information content (AvgIpc) is 3.00. The van der Waals surface area contributed by atoms with Crippen LogP contribution in [-0.2, 0) is 0 Å². The third-order valence-electron chi connectivity index (χ3n) is 4.29. The first-order valence-corrected chi connectivity index (χ1v) is 6.63. The van der Waals surface area contributed by atoms with Crippen molar-refractivity contribution >= 4 is 0 Å². The summed E-state index contributed by atoms with van der Waals surface area (Å²) in [6, 6.07) is 0. The molecule has 0 saturated heterocycles. The first-order valence-electron chi connectivity index (χ1n) is 6.63. The Labute approximate surface area is 94.2 Å². The molecule has 0 unspecified atom stereocenters. The third-order valence-corrected chi connectivity index (χ3v) is 4.29. The van der Waals surface area contributed by atoms with Crippen LogP contribution in [0.2, 0.25) is 0 Å². The highest BCUT2D eigenvalue weighted by Gasteiger charge is 2.41. The van der Waals surface area contributed by atoms with E-state index in [-0.39, 0.29) is 0 Å². The van der Waals surface area contributed by atoms with E-state index in [2.05, 4.69) is 11.9 Å². The summed E-state index contributed by atoms with van der Waals surface area (Å²) in [7, 11) is 2.28. The van der Waals surface area contributed by atoms with E-state index in [4.69, 9.17) is 5.73 Å². The Bertz CT molecular complexity index is 193. The van der Waals surface area contributed by atoms with Crippen LogP contribution < -0.4 is 5.73 Å². The zero-order chi connectivity index (χ0) is 10.7. The highest BCUT2D eigenvalue weighted by Crippen LogP contribution is 2.45. The molecule has 2 rings (SSSR count). The molecule has 0 aromatic carbocycles. The van der Waals surface area contributed by atoms with E-state index in [1.54, 1.807) is 0 Å². The lowest BCUT2D eigenvalue weighted by atomic mass is 9.89. The predicted molar refractivity (Wildman–Crippen MR) is 64.8 cm³/mol. The summed E-state index contributed by atoms with van der Waals surface area (Å²) in [4.78, 5) is 2.54. The summed E-state index contributed by atoms with van der Waals surface area (Å²) < 4.78 is 0. The van der Waals surface area contributed by atoms with Crippen molar-refractivity contribution in [3.8, 4) is 0 Å². The van der Waals surface area contributed by atoms with Crippen molar-refractivity contribution in [3.05, 3.63) is 0 Å². The van der Waals surface area contributed by atoms with Gasteiger partial charge in [-0.3, -0.25) is 0 Å². The molecule has 0 radical (unpaired) electrons. The average molecular weight is 210 g/mol. The van der Waals surface area contributed by atoms with Crippen LogP contribution in [0.5, 0.6) is 0 Å². The van der Waals surface area contributed by atoms with E-state index in [0.717, 1.165) is 12.5 Å². The molecule has 2 aliphatic carbocycles. The van der Waals surface area contributed by atoms with Gasteiger partial charge in [0.15, 0.2) is 0 Å². The molecule has 0 spiro atoms. The Hall–Kier alpha value is -0.0800. The van der Waals surface area contributed by atoms with E-state index in [9.17, 15) is 0 Å². The lowest BCUT2D eigenvalue weighted by Gasteiger charge is -2.29. The molecule has 2 heteroatoms. The Kier molecular flexibility index (Phi) is 3.68. The molecule has 0 aromatic rings. The summed E-state index contributed by atoms with van der Waals surface area (Å²) in [6.07, 6.45) is 10.0. The van der Waals surface area contributed by atoms with E-state index < -0.39 is 0 Å². The van der Waals surface area contributed by atoms with Gasteiger partial charge in [0.25, 0.3) is 0 Å². The largest absolute Gasteiger partial charge is 0.330 e. The molecule has 15 heavy (non-hydrogen) atoms. The second-order valence-corrected chi connectivity index (χ2v) is 5.90. The van der Waals surface area contributed by atoms with Crippen LogP contribution >= 0.6 is 0 Å². The topological polar surface area (TPSA) is 29.3 Å². The molecule has 2 nitrogen and oxygen atoms in total. The second kappa shape index (κ2) is 4.84. The van der Waals surface area contributed by atoms with Crippen LogP contribution in [0, 0.1) is 11.3 Å². The maximum atomic E-state index is 5.82. The molecular weight excluding hydrogens is 184 g/mol. The minimum Gasteiger partial charge on any atom is -0.330 e. The number of nitrogens with two attached hydrogens (primary N) is 1. The number of rotatable bonds is 5. The fourth-order valence-electron chi connectivity index (χ4n) is 3.05. The quantitative estimate of drug-likeness (QED) is 0.754. The van der Waals surface area contributed by atoms with E-state index >= 15 is 0 Å². The van der Waals surface area contributed by atoms with Crippen LogP contribution in [-0.4, -0.2) is 31.6 Å². The van der Waals surface area contributed by atoms with Crippen LogP contribution in [0.25, 0.3) is 0 Å². The normalized spacial score (nSPS) is 25.8. The first kappa shape index (κ1) is 11.4. The van der Waals surface area contributed by atoms with Gasteiger partial charge in [-0.25, -0.2) is 0 Å². The molecule has 0 heterocycles. The van der Waals surface area contributed by atoms with Crippen molar-refractivity contribution < 1.29 is 0 Å². The zero-order valence-corrected chi connectivity index (χ0v) is 10.2. The van der Waals surface area contributed by atoms with E-state index in [0.29, 0.717) is 5.41 Å². The monoisotopic (exact) mass is 210 g/mol. The number of hydrogen-bond acceptors (Lipinski definition) is 2. The molecule has 88 valence electrons. The van der Waals surface area contributed by atoms with Crippen molar-refractivity contribution in [2.24, 2.45) is 17.1 Å². The molecule has 0 aromatic heterocycles. The van der Waals surface area contributed by atoms with Gasteiger partial charge < -0.3 is 10.6 Å². The van der Waals surface area contributed by atoms with E-state index in [1.165, 1.54) is 58.0 Å². The van der Waals surface area contributed by atoms with Crippen molar-refractivity contribution in [2.75, 3.05) is 26.7 Å². The summed E-state index contributed by atoms with van der Waals surface area (Å²) in [5, 5.41) is 0. The summed E-state index contributed by atoms with van der Waals surface area (Å²) >= 11 is 0. The second-order valence-electron chi connectivity index (χ2n) is 5.90. The first-order chi connectivity index (χ1) is 7.24. The third kappa shape index (κ3) is 3.18. The van der Waals surface area contributed by atoms with Gasteiger partial charge >= 0.3 is 0 Å². The van der Waals surface area contributed by atoms with Crippen LogP contribution in [0.4, 0.5) is 0 Å². The minimum absolute atomic E-state index is 0.517. The zero-order valence-electron chi connectivity index (χ0n) is 10.2. The molecule has 2 N–H and O–H groups in total. The lowest BCUT2D eigenvalue weighted by molar-refractivity contribution is 0.202. The Morgan fingerprint density at radius 1 is 1.20 bits per heavy atom. The molecule has 2 aliphatic rings. The molecule has 0 aliphatic heterocycles. The van der Waals surface area contributed by atoms with Crippen molar-refractivity contribution in [1.82, 2.24) is 4.90 Å². The molecule has 0 amide bonds. The standard InChI is InChI=1S/C13H26N2/c1-15(11-13(10-14)7-8-13)9-12-5-3-2-4-6-12/h12H,2-11,14H2,1H3. The minimum atomic E-state index is 0.517. The van der Waals surface area contributed by atoms with Crippen molar-refractivity contribution in [1.29, 1.82) is 0 Å². The van der Waals surface area contributed by atoms with Gasteiger partial charge in [0.1, 0.15) is 0 Å². The maximum absolute atomic E-state index is 5.82. The van der Waals surface area contributed by atoms with Gasteiger partial charge in [0.2, 0.25) is 0 Å². The number of nitrogens with zero attached hydrogens (tertiary/aromatic N) is 1. The van der Waals surface area contributed by atoms with E-state index in [1.807, 2.05) is 0 Å². The van der Waals surface area contributed by atoms with Gasteiger partial charge in [-0.15, -0.1) is 0 Å². The van der Waals surface area contributed by atoms with Crippen LogP contribution in [0.3, 0.4) is 0 Å². The Morgan fingerprint density at radius 3 is 2.40 bits per heavy atom. The lowest BCUT2D eigenvalue weighted by Crippen LogP contribution is -2.35. The molecular formula is C13H26N2. The molecule has 2 saturated carbocycles. The summed E-state index contributed by atoms with van der Waals surface area (Å²) in [5.41, 5.74) is 6.34. The van der Waals surface area contributed by atoms with Crippen LogP contribution in [0.15, 0.2) is 0 Å². The van der Waals surface area contributed by atoms with Crippen LogP contribution in [0.1, 0.15) is 44.9 Å². The van der Waals surface area contributed by atoms with Gasteiger partial charge in [0.05, 0.1) is 0 Å². The van der Waals surface area contributed by atoms with Crippen molar-refractivity contribution in [3.63, 3.8) is 0 Å². The summed E-state index contributed by atoms with van der Waals surface area (Å²) in [5.74, 6) is 0.970. The SMILES string of the molecule is CN(CC1CCCCC1)CC1(CN)CC1. The van der Waals surface area contributed by atoms with Gasteiger partial charge in [-0.05, 0) is 50.6 Å². The maximum Gasteiger partial charge on any atom is 0.00471 e. The highest BCUT2D eigenvalue weighted by molar-refractivity contribution is 4.96. The fraction of sp³-hybridized carbons (Fsp3) is 1.00. The fourth-order valence-corrected chi connectivity index (χ4v) is 3.05.